The third-order valence-corrected chi connectivity index (χ3v) is 3.63. The predicted molar refractivity (Wildman–Crippen MR) is 62.4 cm³/mol. The van der Waals surface area contributed by atoms with Gasteiger partial charge in [0.1, 0.15) is 11.8 Å². The van der Waals surface area contributed by atoms with E-state index >= 15 is 0 Å². The van der Waals surface area contributed by atoms with E-state index in [2.05, 4.69) is 11.4 Å². The van der Waals surface area contributed by atoms with E-state index < -0.39 is 12.0 Å². The van der Waals surface area contributed by atoms with E-state index in [9.17, 15) is 4.79 Å². The van der Waals surface area contributed by atoms with Crippen molar-refractivity contribution in [2.24, 2.45) is 0 Å². The highest BCUT2D eigenvalue weighted by Crippen LogP contribution is 2.33. The molecular weight excluding hydrogens is 218 g/mol. The zero-order valence-corrected chi connectivity index (χ0v) is 9.48. The quantitative estimate of drug-likeness (QED) is 0.804. The minimum absolute atomic E-state index is 0.0819. The number of hydrogen-bond donors (Lipinski definition) is 2. The monoisotopic (exact) mass is 233 g/mol. The van der Waals surface area contributed by atoms with Crippen LogP contribution in [-0.4, -0.2) is 30.3 Å². The van der Waals surface area contributed by atoms with Crippen LogP contribution in [0.1, 0.15) is 23.5 Å². The summed E-state index contributed by atoms with van der Waals surface area (Å²) in [6.45, 7) is 1.51. The third kappa shape index (κ3) is 1.78. The lowest BCUT2D eigenvalue weighted by atomic mass is 9.90. The van der Waals surface area contributed by atoms with Gasteiger partial charge in [0.15, 0.2) is 0 Å². The van der Waals surface area contributed by atoms with E-state index in [0.717, 1.165) is 37.3 Å². The molecule has 0 radical (unpaired) electrons. The Hall–Kier alpha value is -1.55. The molecule has 2 atom stereocenters. The molecule has 0 spiro atoms. The van der Waals surface area contributed by atoms with Gasteiger partial charge in [-0.3, -0.25) is 4.79 Å². The fourth-order valence-electron chi connectivity index (χ4n) is 2.76. The van der Waals surface area contributed by atoms with Crippen LogP contribution in [0.5, 0.6) is 5.75 Å². The zero-order valence-electron chi connectivity index (χ0n) is 9.48. The fourth-order valence-corrected chi connectivity index (χ4v) is 2.76. The predicted octanol–water partition coefficient (Wildman–Crippen LogP) is 1.15. The molecule has 2 aliphatic heterocycles. The molecule has 2 aliphatic rings. The first kappa shape index (κ1) is 10.6. The highest BCUT2D eigenvalue weighted by Gasteiger charge is 2.34. The fraction of sp³-hybridized carbons (Fsp3) is 0.462. The second kappa shape index (κ2) is 4.04. The summed E-state index contributed by atoms with van der Waals surface area (Å²) in [5.74, 6) is 0.272. The van der Waals surface area contributed by atoms with Crippen LogP contribution in [0, 0.1) is 0 Å². The second-order valence-electron chi connectivity index (χ2n) is 4.63. The van der Waals surface area contributed by atoms with E-state index in [1.54, 1.807) is 0 Å². The number of aliphatic carboxylic acids is 1. The van der Waals surface area contributed by atoms with Gasteiger partial charge in [0, 0.05) is 12.3 Å². The summed E-state index contributed by atoms with van der Waals surface area (Å²) in [6.07, 6.45) is 1.82. The number of rotatable bonds is 2. The van der Waals surface area contributed by atoms with Gasteiger partial charge in [0.2, 0.25) is 0 Å². The van der Waals surface area contributed by atoms with Crippen molar-refractivity contribution < 1.29 is 14.6 Å². The molecule has 2 N–H and O–H groups in total. The zero-order chi connectivity index (χ0) is 11.8. The van der Waals surface area contributed by atoms with E-state index in [-0.39, 0.29) is 5.92 Å². The first-order valence-electron chi connectivity index (χ1n) is 5.97. The summed E-state index contributed by atoms with van der Waals surface area (Å²) in [5, 5.41) is 12.2. The number of carboxylic acid groups (broad SMARTS) is 1. The lowest BCUT2D eigenvalue weighted by molar-refractivity contribution is -0.139. The summed E-state index contributed by atoms with van der Waals surface area (Å²) >= 11 is 0. The minimum atomic E-state index is -0.760. The average molecular weight is 233 g/mol. The van der Waals surface area contributed by atoms with Crippen molar-refractivity contribution in [3.05, 3.63) is 29.3 Å². The van der Waals surface area contributed by atoms with Crippen LogP contribution in [0.25, 0.3) is 0 Å². The van der Waals surface area contributed by atoms with Crippen molar-refractivity contribution in [2.75, 3.05) is 13.2 Å². The molecule has 0 saturated carbocycles. The Bertz CT molecular complexity index is 458. The van der Waals surface area contributed by atoms with E-state index in [4.69, 9.17) is 9.84 Å². The Morgan fingerprint density at radius 2 is 2.35 bits per heavy atom. The first-order chi connectivity index (χ1) is 8.25. The van der Waals surface area contributed by atoms with E-state index in [1.165, 1.54) is 5.56 Å². The summed E-state index contributed by atoms with van der Waals surface area (Å²) in [7, 11) is 0. The minimum Gasteiger partial charge on any atom is -0.493 e. The van der Waals surface area contributed by atoms with Crippen LogP contribution in [0.3, 0.4) is 0 Å². The van der Waals surface area contributed by atoms with Gasteiger partial charge in [-0.2, -0.15) is 0 Å². The van der Waals surface area contributed by atoms with Gasteiger partial charge in [-0.05, 0) is 30.2 Å². The van der Waals surface area contributed by atoms with Crippen molar-refractivity contribution in [1.29, 1.82) is 0 Å². The lowest BCUT2D eigenvalue weighted by Crippen LogP contribution is -2.34. The van der Waals surface area contributed by atoms with Gasteiger partial charge in [-0.25, -0.2) is 0 Å². The van der Waals surface area contributed by atoms with Gasteiger partial charge in [0.25, 0.3) is 0 Å². The normalized spacial score (nSPS) is 26.6. The standard InChI is InChI=1S/C13H15NO3/c15-13(16)12-10(3-5-14-12)8-1-2-11-9(7-8)4-6-17-11/h1-2,7,10,12,14H,3-6H2,(H,15,16). The van der Waals surface area contributed by atoms with Crippen molar-refractivity contribution in [3.8, 4) is 5.75 Å². The molecule has 1 fully saturated rings. The molecule has 0 aliphatic carbocycles. The number of carboxylic acids is 1. The summed E-state index contributed by atoms with van der Waals surface area (Å²) < 4.78 is 5.46. The number of benzene rings is 1. The topological polar surface area (TPSA) is 58.6 Å². The molecule has 1 saturated heterocycles. The Labute approximate surface area is 99.6 Å². The highest BCUT2D eigenvalue weighted by atomic mass is 16.5. The number of carbonyl (C=O) groups is 1. The number of ether oxygens (including phenoxy) is 1. The van der Waals surface area contributed by atoms with Gasteiger partial charge < -0.3 is 15.2 Å². The summed E-state index contributed by atoms with van der Waals surface area (Å²) in [6, 6.07) is 5.62. The molecule has 2 heterocycles. The molecule has 17 heavy (non-hydrogen) atoms. The molecule has 0 bridgehead atoms. The molecule has 0 aromatic heterocycles. The SMILES string of the molecule is O=C(O)C1NCCC1c1ccc2c(c1)CCO2. The van der Waals surface area contributed by atoms with E-state index in [1.807, 2.05) is 12.1 Å². The number of fused-ring (bicyclic) bond motifs is 1. The number of nitrogens with one attached hydrogen (secondary N) is 1. The Morgan fingerprint density at radius 3 is 3.18 bits per heavy atom. The van der Waals surface area contributed by atoms with Crippen LogP contribution >= 0.6 is 0 Å². The van der Waals surface area contributed by atoms with Crippen molar-refractivity contribution in [3.63, 3.8) is 0 Å². The molecule has 90 valence electrons. The molecular formula is C13H15NO3. The molecule has 1 aromatic rings. The highest BCUT2D eigenvalue weighted by molar-refractivity contribution is 5.75. The smallest absolute Gasteiger partial charge is 0.321 e. The molecule has 3 rings (SSSR count). The molecule has 4 nitrogen and oxygen atoms in total. The van der Waals surface area contributed by atoms with Crippen LogP contribution in [-0.2, 0) is 11.2 Å². The average Bonchev–Trinajstić information content (AvgIpc) is 2.96. The van der Waals surface area contributed by atoms with Crippen molar-refractivity contribution >= 4 is 5.97 Å². The van der Waals surface area contributed by atoms with Gasteiger partial charge in [-0.1, -0.05) is 12.1 Å². The summed E-state index contributed by atoms with van der Waals surface area (Å²) in [5.41, 5.74) is 2.32. The van der Waals surface area contributed by atoms with E-state index in [0.29, 0.717) is 0 Å². The van der Waals surface area contributed by atoms with Crippen LogP contribution in [0.15, 0.2) is 18.2 Å². The maximum absolute atomic E-state index is 11.1. The molecule has 1 aromatic carbocycles. The van der Waals surface area contributed by atoms with Crippen LogP contribution < -0.4 is 10.1 Å². The van der Waals surface area contributed by atoms with Crippen LogP contribution in [0.2, 0.25) is 0 Å². The third-order valence-electron chi connectivity index (χ3n) is 3.63. The molecule has 0 amide bonds. The second-order valence-corrected chi connectivity index (χ2v) is 4.63. The molecule has 2 unspecified atom stereocenters. The number of hydrogen-bond acceptors (Lipinski definition) is 3. The molecule has 4 heteroatoms. The maximum Gasteiger partial charge on any atom is 0.321 e. The van der Waals surface area contributed by atoms with Gasteiger partial charge in [-0.15, -0.1) is 0 Å². The summed E-state index contributed by atoms with van der Waals surface area (Å²) in [4.78, 5) is 11.1. The van der Waals surface area contributed by atoms with Crippen LogP contribution in [0.4, 0.5) is 0 Å². The lowest BCUT2D eigenvalue weighted by Gasteiger charge is -2.16. The maximum atomic E-state index is 11.1. The largest absolute Gasteiger partial charge is 0.493 e. The Morgan fingerprint density at radius 1 is 1.47 bits per heavy atom. The van der Waals surface area contributed by atoms with Gasteiger partial charge in [0.05, 0.1) is 6.61 Å². The van der Waals surface area contributed by atoms with Crippen molar-refractivity contribution in [2.45, 2.75) is 24.8 Å². The van der Waals surface area contributed by atoms with Crippen molar-refractivity contribution in [1.82, 2.24) is 5.32 Å². The Kier molecular flexibility index (Phi) is 2.52. The Balaban J connectivity index is 1.91. The van der Waals surface area contributed by atoms with Gasteiger partial charge >= 0.3 is 5.97 Å². The first-order valence-corrected chi connectivity index (χ1v) is 5.97.